The lowest BCUT2D eigenvalue weighted by Gasteiger charge is -2.07. The number of hydrogen-bond acceptors (Lipinski definition) is 5. The monoisotopic (exact) mass is 374 g/mol. The molecule has 0 aliphatic rings. The fourth-order valence-corrected chi connectivity index (χ4v) is 3.50. The Morgan fingerprint density at radius 1 is 1.35 bits per heavy atom. The number of thiazole rings is 1. The van der Waals surface area contributed by atoms with E-state index in [0.29, 0.717) is 11.7 Å². The van der Waals surface area contributed by atoms with Crippen molar-refractivity contribution >= 4 is 44.4 Å². The van der Waals surface area contributed by atoms with E-state index in [1.54, 1.807) is 0 Å². The van der Waals surface area contributed by atoms with E-state index in [4.69, 9.17) is 0 Å². The van der Waals surface area contributed by atoms with Gasteiger partial charge < -0.3 is 16.0 Å². The highest BCUT2D eigenvalue weighted by atomic mass is 32.1. The van der Waals surface area contributed by atoms with Gasteiger partial charge in [-0.1, -0.05) is 56.9 Å². The van der Waals surface area contributed by atoms with Crippen molar-refractivity contribution in [2.75, 3.05) is 30.8 Å². The molecule has 0 aliphatic heterocycles. The number of amides is 1. The molecule has 1 aromatic carbocycles. The average molecular weight is 375 g/mol. The number of anilines is 2. The molecule has 0 unspecified atom stereocenters. The van der Waals surface area contributed by atoms with Gasteiger partial charge in [0.25, 0.3) is 0 Å². The second-order valence-electron chi connectivity index (χ2n) is 5.36. The molecule has 5 nitrogen and oxygen atoms in total. The quantitative estimate of drug-likeness (QED) is 0.458. The van der Waals surface area contributed by atoms with Gasteiger partial charge in [-0.3, -0.25) is 4.79 Å². The van der Waals surface area contributed by atoms with Crippen molar-refractivity contribution in [2.24, 2.45) is 0 Å². The molecule has 142 valence electrons. The van der Waals surface area contributed by atoms with Crippen LogP contribution in [0, 0.1) is 6.92 Å². The van der Waals surface area contributed by atoms with Gasteiger partial charge in [-0.05, 0) is 25.0 Å². The number of rotatable bonds is 8. The van der Waals surface area contributed by atoms with E-state index in [-0.39, 0.29) is 12.5 Å². The molecular weight excluding hydrogens is 344 g/mol. The average Bonchev–Trinajstić information content (AvgIpc) is 3.07. The SMILES string of the molecule is C=Cc1c(NC)cc(C)c2nc(NC(=O)CNC/C=C\CC)sc12.CC. The van der Waals surface area contributed by atoms with Gasteiger partial charge in [-0.15, -0.1) is 0 Å². The zero-order valence-corrected chi connectivity index (χ0v) is 17.2. The minimum absolute atomic E-state index is 0.0920. The number of fused-ring (bicyclic) bond motifs is 1. The predicted molar refractivity (Wildman–Crippen MR) is 116 cm³/mol. The van der Waals surface area contributed by atoms with Gasteiger partial charge in [-0.2, -0.15) is 0 Å². The maximum absolute atomic E-state index is 12.0. The number of carbonyl (C=O) groups is 1. The van der Waals surface area contributed by atoms with E-state index >= 15 is 0 Å². The Balaban J connectivity index is 0.00000163. The normalized spacial score (nSPS) is 10.5. The van der Waals surface area contributed by atoms with E-state index in [1.807, 2.05) is 46.0 Å². The minimum Gasteiger partial charge on any atom is -0.388 e. The highest BCUT2D eigenvalue weighted by Crippen LogP contribution is 2.36. The molecule has 0 radical (unpaired) electrons. The van der Waals surface area contributed by atoms with E-state index in [9.17, 15) is 4.79 Å². The fourth-order valence-electron chi connectivity index (χ4n) is 2.40. The van der Waals surface area contributed by atoms with Crippen LogP contribution in [0.5, 0.6) is 0 Å². The summed E-state index contributed by atoms with van der Waals surface area (Å²) in [7, 11) is 1.88. The topological polar surface area (TPSA) is 66.0 Å². The Labute approximate surface area is 160 Å². The Morgan fingerprint density at radius 2 is 2.08 bits per heavy atom. The third-order valence-corrected chi connectivity index (χ3v) is 4.57. The maximum atomic E-state index is 12.0. The highest BCUT2D eigenvalue weighted by Gasteiger charge is 2.14. The molecule has 0 spiro atoms. The Kier molecular flexibility index (Phi) is 9.62. The van der Waals surface area contributed by atoms with Crippen molar-refractivity contribution in [1.29, 1.82) is 0 Å². The third kappa shape index (κ3) is 5.68. The molecule has 0 saturated carbocycles. The van der Waals surface area contributed by atoms with Crippen LogP contribution in [0.15, 0.2) is 24.8 Å². The summed E-state index contributed by atoms with van der Waals surface area (Å²) in [5, 5.41) is 9.73. The molecule has 0 fully saturated rings. The number of benzene rings is 1. The summed E-state index contributed by atoms with van der Waals surface area (Å²) in [5.41, 5.74) is 4.00. The number of carbonyl (C=O) groups excluding carboxylic acids is 1. The number of nitrogens with one attached hydrogen (secondary N) is 3. The lowest BCUT2D eigenvalue weighted by molar-refractivity contribution is -0.115. The van der Waals surface area contributed by atoms with Crippen LogP contribution < -0.4 is 16.0 Å². The summed E-state index contributed by atoms with van der Waals surface area (Å²) >= 11 is 1.47. The first-order valence-electron chi connectivity index (χ1n) is 9.00. The van der Waals surface area contributed by atoms with Gasteiger partial charge >= 0.3 is 0 Å². The zero-order valence-electron chi connectivity index (χ0n) is 16.4. The first-order valence-corrected chi connectivity index (χ1v) is 9.82. The van der Waals surface area contributed by atoms with Crippen LogP contribution in [0.4, 0.5) is 10.8 Å². The van der Waals surface area contributed by atoms with E-state index < -0.39 is 0 Å². The molecule has 0 aliphatic carbocycles. The van der Waals surface area contributed by atoms with Gasteiger partial charge in [0.15, 0.2) is 5.13 Å². The molecular formula is C20H30N4OS. The van der Waals surface area contributed by atoms with Gasteiger partial charge in [0.1, 0.15) is 0 Å². The molecule has 0 saturated heterocycles. The van der Waals surface area contributed by atoms with Crippen molar-refractivity contribution in [3.63, 3.8) is 0 Å². The van der Waals surface area contributed by atoms with Crippen molar-refractivity contribution in [2.45, 2.75) is 34.1 Å². The summed E-state index contributed by atoms with van der Waals surface area (Å²) in [6, 6.07) is 2.05. The van der Waals surface area contributed by atoms with E-state index in [2.05, 4.69) is 40.5 Å². The summed E-state index contributed by atoms with van der Waals surface area (Å²) in [4.78, 5) is 16.6. The molecule has 1 aromatic heterocycles. The molecule has 0 bridgehead atoms. The number of nitrogens with zero attached hydrogens (tertiary/aromatic N) is 1. The van der Waals surface area contributed by atoms with Crippen molar-refractivity contribution in [3.05, 3.63) is 35.9 Å². The second kappa shape index (κ2) is 11.4. The third-order valence-electron chi connectivity index (χ3n) is 3.57. The van der Waals surface area contributed by atoms with Crippen molar-refractivity contribution in [3.8, 4) is 0 Å². The van der Waals surface area contributed by atoms with Crippen LogP contribution in [-0.2, 0) is 4.79 Å². The molecule has 3 N–H and O–H groups in total. The summed E-state index contributed by atoms with van der Waals surface area (Å²) < 4.78 is 1.03. The predicted octanol–water partition coefficient (Wildman–Crippen LogP) is 4.81. The summed E-state index contributed by atoms with van der Waals surface area (Å²) in [5.74, 6) is -0.0920. The Hall–Kier alpha value is -2.18. The van der Waals surface area contributed by atoms with Crippen LogP contribution in [0.2, 0.25) is 0 Å². The minimum atomic E-state index is -0.0920. The van der Waals surface area contributed by atoms with Crippen LogP contribution >= 0.6 is 11.3 Å². The van der Waals surface area contributed by atoms with Crippen LogP contribution in [0.3, 0.4) is 0 Å². The van der Waals surface area contributed by atoms with Crippen LogP contribution in [-0.4, -0.2) is 31.0 Å². The number of hydrogen-bond donors (Lipinski definition) is 3. The van der Waals surface area contributed by atoms with Crippen LogP contribution in [0.25, 0.3) is 16.3 Å². The molecule has 0 atom stereocenters. The smallest absolute Gasteiger partial charge is 0.240 e. The number of allylic oxidation sites excluding steroid dienone is 1. The van der Waals surface area contributed by atoms with E-state index in [1.165, 1.54) is 11.3 Å². The molecule has 6 heteroatoms. The number of aromatic nitrogens is 1. The molecule has 2 rings (SSSR count). The molecule has 1 amide bonds. The summed E-state index contributed by atoms with van der Waals surface area (Å²) in [6.07, 6.45) is 6.90. The Bertz CT molecular complexity index is 765. The lowest BCUT2D eigenvalue weighted by atomic mass is 10.1. The standard InChI is InChI=1S/C18H24N4OS.C2H6/c1-5-7-8-9-20-11-15(23)21-18-22-16-12(3)10-14(19-4)13(6-2)17(16)24-18;1-2/h6-8,10,19-20H,2,5,9,11H2,1,3-4H3,(H,21,22,23);1-2H3/b8-7-;. The second-order valence-corrected chi connectivity index (χ2v) is 6.36. The van der Waals surface area contributed by atoms with Crippen LogP contribution in [0.1, 0.15) is 38.3 Å². The van der Waals surface area contributed by atoms with Gasteiger partial charge in [0.05, 0.1) is 16.8 Å². The zero-order chi connectivity index (χ0) is 19.5. The molecule has 26 heavy (non-hydrogen) atoms. The molecule has 1 heterocycles. The molecule has 2 aromatic rings. The summed E-state index contributed by atoms with van der Waals surface area (Å²) in [6.45, 7) is 12.9. The van der Waals surface area contributed by atoms with Gasteiger partial charge in [0.2, 0.25) is 5.91 Å². The first-order chi connectivity index (χ1) is 12.6. The largest absolute Gasteiger partial charge is 0.388 e. The lowest BCUT2D eigenvalue weighted by Crippen LogP contribution is -2.28. The van der Waals surface area contributed by atoms with E-state index in [0.717, 1.165) is 33.5 Å². The van der Waals surface area contributed by atoms with Gasteiger partial charge in [0, 0.05) is 24.8 Å². The number of aryl methyl sites for hydroxylation is 1. The highest BCUT2D eigenvalue weighted by molar-refractivity contribution is 7.22. The van der Waals surface area contributed by atoms with Crippen molar-refractivity contribution < 1.29 is 4.79 Å². The fraction of sp³-hybridized carbons (Fsp3) is 0.400. The maximum Gasteiger partial charge on any atom is 0.240 e. The first kappa shape index (κ1) is 21.9. The van der Waals surface area contributed by atoms with Gasteiger partial charge in [-0.25, -0.2) is 4.98 Å². The Morgan fingerprint density at radius 3 is 2.69 bits per heavy atom. The van der Waals surface area contributed by atoms with Crippen molar-refractivity contribution in [1.82, 2.24) is 10.3 Å².